The topological polar surface area (TPSA) is 98.0 Å². The van der Waals surface area contributed by atoms with E-state index < -0.39 is 40.6 Å². The fourth-order valence-corrected chi connectivity index (χ4v) is 1.14. The van der Waals surface area contributed by atoms with Crippen molar-refractivity contribution in [1.82, 2.24) is 0 Å². The molecule has 0 aliphatic carbocycles. The lowest BCUT2D eigenvalue weighted by Crippen LogP contribution is -2.22. The predicted octanol–water partition coefficient (Wildman–Crippen LogP) is 2.21. The number of halogens is 5. The van der Waals surface area contributed by atoms with Gasteiger partial charge in [-0.25, -0.2) is 8.78 Å². The molecule has 0 unspecified atom stereocenters. The van der Waals surface area contributed by atoms with Gasteiger partial charge in [0.05, 0.1) is 11.3 Å². The molecule has 20 heavy (non-hydrogen) atoms. The number of benzene rings is 1. The van der Waals surface area contributed by atoms with Gasteiger partial charge in [-0.2, -0.15) is 23.5 Å². The Morgan fingerprint density at radius 2 is 1.95 bits per heavy atom. The molecule has 0 amide bonds. The molecule has 1 aromatic carbocycles. The van der Waals surface area contributed by atoms with E-state index in [9.17, 15) is 22.0 Å². The zero-order valence-corrected chi connectivity index (χ0v) is 9.52. The molecule has 5 nitrogen and oxygen atoms in total. The summed E-state index contributed by atoms with van der Waals surface area (Å²) in [7, 11) is 0. The zero-order valence-electron chi connectivity index (χ0n) is 9.52. The molecule has 0 aliphatic heterocycles. The second kappa shape index (κ2) is 5.52. The lowest BCUT2D eigenvalue weighted by atomic mass is 10.1. The molecule has 4 N–H and O–H groups in total. The second-order valence-corrected chi connectivity index (χ2v) is 3.41. The Balaban J connectivity index is 3.25. The molecule has 0 heterocycles. The number of rotatable bonds is 3. The Morgan fingerprint density at radius 1 is 1.35 bits per heavy atom. The minimum Gasteiger partial charge on any atom is -0.382 e. The van der Waals surface area contributed by atoms with Crippen molar-refractivity contribution >= 4 is 17.2 Å². The normalized spacial score (nSPS) is 11.9. The van der Waals surface area contributed by atoms with Gasteiger partial charge in [0.25, 0.3) is 0 Å². The Labute approximate surface area is 109 Å². The van der Waals surface area contributed by atoms with Gasteiger partial charge in [0.2, 0.25) is 5.71 Å². The molecule has 0 aromatic heterocycles. The first-order chi connectivity index (χ1) is 9.16. The molecule has 1 aromatic rings. The van der Waals surface area contributed by atoms with Crippen molar-refractivity contribution in [3.8, 4) is 6.07 Å². The van der Waals surface area contributed by atoms with Gasteiger partial charge in [0.15, 0.2) is 11.7 Å². The van der Waals surface area contributed by atoms with Crippen LogP contribution in [0.3, 0.4) is 0 Å². The molecule has 1 rings (SSSR count). The van der Waals surface area contributed by atoms with Crippen molar-refractivity contribution in [3.63, 3.8) is 0 Å². The number of nitrogens with one attached hydrogen (secondary N) is 2. The average Bonchev–Trinajstić information content (AvgIpc) is 2.31. The number of hydrogen-bond donors (Lipinski definition) is 3. The first-order valence-corrected chi connectivity index (χ1v) is 4.81. The van der Waals surface area contributed by atoms with Gasteiger partial charge < -0.3 is 5.73 Å². The summed E-state index contributed by atoms with van der Waals surface area (Å²) in [6, 6.07) is 1.76. The van der Waals surface area contributed by atoms with E-state index in [4.69, 9.17) is 16.4 Å². The van der Waals surface area contributed by atoms with Crippen LogP contribution in [0.2, 0.25) is 0 Å². The van der Waals surface area contributed by atoms with Crippen LogP contribution >= 0.6 is 0 Å². The van der Waals surface area contributed by atoms with Crippen LogP contribution < -0.4 is 11.2 Å². The van der Waals surface area contributed by atoms with Gasteiger partial charge in [-0.05, 0) is 6.07 Å². The van der Waals surface area contributed by atoms with Crippen LogP contribution in [0.1, 0.15) is 5.56 Å². The summed E-state index contributed by atoms with van der Waals surface area (Å²) in [4.78, 5) is 0. The number of hydrazone groups is 1. The van der Waals surface area contributed by atoms with E-state index in [-0.39, 0.29) is 6.07 Å². The summed E-state index contributed by atoms with van der Waals surface area (Å²) in [6.07, 6.45) is -5.09. The van der Waals surface area contributed by atoms with Crippen molar-refractivity contribution in [1.29, 1.82) is 10.7 Å². The van der Waals surface area contributed by atoms with Crippen molar-refractivity contribution in [2.75, 3.05) is 5.43 Å². The van der Waals surface area contributed by atoms with E-state index in [1.807, 2.05) is 0 Å². The summed E-state index contributed by atoms with van der Waals surface area (Å²) in [6.45, 7) is 0. The molecule has 106 valence electrons. The van der Waals surface area contributed by atoms with Crippen molar-refractivity contribution in [3.05, 3.63) is 29.3 Å². The number of alkyl halides is 3. The number of nitriles is 1. The summed E-state index contributed by atoms with van der Waals surface area (Å²) >= 11 is 0. The van der Waals surface area contributed by atoms with Crippen molar-refractivity contribution in [2.45, 2.75) is 6.18 Å². The molecule has 0 saturated carbocycles. The second-order valence-electron chi connectivity index (χ2n) is 3.41. The maximum absolute atomic E-state index is 13.5. The molecule has 0 atom stereocenters. The Bertz CT molecular complexity index is 614. The van der Waals surface area contributed by atoms with E-state index in [0.717, 1.165) is 0 Å². The molecule has 0 fully saturated rings. The van der Waals surface area contributed by atoms with Crippen LogP contribution in [-0.4, -0.2) is 11.5 Å². The Morgan fingerprint density at radius 3 is 2.40 bits per heavy atom. The maximum Gasteiger partial charge on any atom is 0.419 e. The standard InChI is InChI=1S/C10H6F5N5/c11-4-1-5(10(13,14)15)8(12)6(2-4)19-20-7(3-16)9(17)18/h1-2,19H,(H3,17,18)/b20-7+. The number of amidine groups is 1. The van der Waals surface area contributed by atoms with Crippen LogP contribution in [0.4, 0.5) is 27.6 Å². The molecule has 0 saturated heterocycles. The van der Waals surface area contributed by atoms with E-state index in [1.54, 1.807) is 5.43 Å². The Hall–Kier alpha value is -2.70. The summed E-state index contributed by atoms with van der Waals surface area (Å²) in [5.41, 5.74) is 3.20. The van der Waals surface area contributed by atoms with Gasteiger partial charge in [-0.1, -0.05) is 0 Å². The van der Waals surface area contributed by atoms with Crippen LogP contribution in [-0.2, 0) is 6.18 Å². The fourth-order valence-electron chi connectivity index (χ4n) is 1.14. The highest BCUT2D eigenvalue weighted by molar-refractivity contribution is 6.45. The lowest BCUT2D eigenvalue weighted by molar-refractivity contribution is -0.140. The lowest BCUT2D eigenvalue weighted by Gasteiger charge is -2.11. The van der Waals surface area contributed by atoms with E-state index in [1.165, 1.54) is 6.07 Å². The third kappa shape index (κ3) is 3.41. The highest BCUT2D eigenvalue weighted by Gasteiger charge is 2.36. The van der Waals surface area contributed by atoms with Crippen molar-refractivity contribution in [2.24, 2.45) is 10.8 Å². The largest absolute Gasteiger partial charge is 0.419 e. The van der Waals surface area contributed by atoms with E-state index >= 15 is 0 Å². The third-order valence-corrected chi connectivity index (χ3v) is 1.99. The third-order valence-electron chi connectivity index (χ3n) is 1.99. The zero-order chi connectivity index (χ0) is 15.5. The van der Waals surface area contributed by atoms with Crippen LogP contribution in [0.5, 0.6) is 0 Å². The smallest absolute Gasteiger partial charge is 0.382 e. The number of anilines is 1. The number of nitrogens with zero attached hydrogens (tertiary/aromatic N) is 2. The minimum absolute atomic E-state index is 0.0135. The van der Waals surface area contributed by atoms with Gasteiger partial charge in [-0.3, -0.25) is 10.8 Å². The van der Waals surface area contributed by atoms with Gasteiger partial charge in [0, 0.05) is 6.07 Å². The Kier molecular flexibility index (Phi) is 4.24. The first kappa shape index (κ1) is 15.4. The molecular weight excluding hydrogens is 285 g/mol. The number of nitrogens with two attached hydrogens (primary N) is 1. The minimum atomic E-state index is -5.09. The summed E-state index contributed by atoms with van der Waals surface area (Å²) in [5.74, 6) is -3.92. The monoisotopic (exact) mass is 291 g/mol. The summed E-state index contributed by atoms with van der Waals surface area (Å²) < 4.78 is 63.8. The molecular formula is C10H6F5N5. The highest BCUT2D eigenvalue weighted by atomic mass is 19.4. The number of hydrogen-bond acceptors (Lipinski definition) is 4. The molecule has 0 aliphatic rings. The first-order valence-electron chi connectivity index (χ1n) is 4.81. The fraction of sp³-hybridized carbons (Fsp3) is 0.100. The highest BCUT2D eigenvalue weighted by Crippen LogP contribution is 2.34. The molecule has 0 spiro atoms. The summed E-state index contributed by atoms with van der Waals surface area (Å²) in [5, 5.41) is 18.5. The van der Waals surface area contributed by atoms with Gasteiger partial charge in [0.1, 0.15) is 11.9 Å². The predicted molar refractivity (Wildman–Crippen MR) is 59.9 cm³/mol. The van der Waals surface area contributed by atoms with E-state index in [2.05, 4.69) is 5.10 Å². The van der Waals surface area contributed by atoms with Crippen molar-refractivity contribution < 1.29 is 22.0 Å². The quantitative estimate of drug-likeness (QED) is 0.344. The van der Waals surface area contributed by atoms with Crippen LogP contribution in [0.15, 0.2) is 17.2 Å². The SMILES string of the molecule is N#C/C(=N\Nc1cc(F)cc(C(F)(F)F)c1F)C(=N)N. The molecule has 0 bridgehead atoms. The van der Waals surface area contributed by atoms with Gasteiger partial charge >= 0.3 is 6.18 Å². The molecule has 0 radical (unpaired) electrons. The van der Waals surface area contributed by atoms with Crippen LogP contribution in [0.25, 0.3) is 0 Å². The van der Waals surface area contributed by atoms with Gasteiger partial charge in [-0.15, -0.1) is 0 Å². The van der Waals surface area contributed by atoms with E-state index in [0.29, 0.717) is 6.07 Å². The molecule has 10 heteroatoms. The van der Waals surface area contributed by atoms with Crippen LogP contribution in [0, 0.1) is 28.4 Å². The maximum atomic E-state index is 13.5. The average molecular weight is 291 g/mol.